The molecule has 7 nitrogen and oxygen atoms in total. The second kappa shape index (κ2) is 8.50. The third kappa shape index (κ3) is 3.38. The number of ether oxygens (including phenoxy) is 1. The first-order valence-corrected chi connectivity index (χ1v) is 9.29. The maximum absolute atomic E-state index is 13.3. The highest BCUT2D eigenvalue weighted by atomic mass is 16.5. The number of nitriles is 1. The van der Waals surface area contributed by atoms with Gasteiger partial charge in [0.2, 0.25) is 5.43 Å². The molecule has 0 aliphatic heterocycles. The predicted molar refractivity (Wildman–Crippen MR) is 111 cm³/mol. The van der Waals surface area contributed by atoms with Crippen molar-refractivity contribution in [3.05, 3.63) is 69.1 Å². The van der Waals surface area contributed by atoms with Crippen LogP contribution in [0, 0.1) is 30.6 Å². The molecule has 0 aliphatic rings. The number of hydrogen-bond acceptors (Lipinski definition) is 5. The number of terminal acetylenes is 1. The standard InChI is InChI=1S/C23H19N3O4/c1-4-12-25-14-17(23(29)30-5-2)22(28)20-19(25)18(15(3)26(20)13-11-24)21(27)16-9-7-6-8-10-16/h1,6-10,14H,5,12-13H2,2-3H3. The number of carbonyl (C=O) groups excluding carboxylic acids is 2. The second-order valence-corrected chi connectivity index (χ2v) is 6.52. The Morgan fingerprint density at radius 2 is 1.87 bits per heavy atom. The molecule has 0 N–H and O–H groups in total. The Kier molecular flexibility index (Phi) is 5.85. The van der Waals surface area contributed by atoms with Crippen LogP contribution in [0.1, 0.15) is 38.9 Å². The average molecular weight is 401 g/mol. The fourth-order valence-corrected chi connectivity index (χ4v) is 3.49. The maximum atomic E-state index is 13.3. The highest BCUT2D eigenvalue weighted by molar-refractivity contribution is 6.17. The number of fused-ring (bicyclic) bond motifs is 1. The maximum Gasteiger partial charge on any atom is 0.343 e. The zero-order valence-electron chi connectivity index (χ0n) is 16.6. The number of carbonyl (C=O) groups is 2. The van der Waals surface area contributed by atoms with Crippen LogP contribution in [0.4, 0.5) is 0 Å². The van der Waals surface area contributed by atoms with Gasteiger partial charge in [0.05, 0.1) is 30.3 Å². The molecule has 0 atom stereocenters. The van der Waals surface area contributed by atoms with Crippen LogP contribution in [-0.4, -0.2) is 27.5 Å². The molecule has 0 saturated heterocycles. The van der Waals surface area contributed by atoms with Crippen molar-refractivity contribution in [3.63, 3.8) is 0 Å². The van der Waals surface area contributed by atoms with Crippen LogP contribution in [0.2, 0.25) is 0 Å². The van der Waals surface area contributed by atoms with Crippen molar-refractivity contribution in [2.75, 3.05) is 6.61 Å². The monoisotopic (exact) mass is 401 g/mol. The molecular weight excluding hydrogens is 382 g/mol. The molecule has 0 unspecified atom stereocenters. The molecule has 0 radical (unpaired) electrons. The Morgan fingerprint density at radius 1 is 1.17 bits per heavy atom. The van der Waals surface area contributed by atoms with Gasteiger partial charge in [-0.2, -0.15) is 5.26 Å². The normalized spacial score (nSPS) is 10.4. The minimum atomic E-state index is -0.784. The van der Waals surface area contributed by atoms with Crippen LogP contribution >= 0.6 is 0 Å². The number of benzene rings is 1. The van der Waals surface area contributed by atoms with Gasteiger partial charge in [0.25, 0.3) is 0 Å². The minimum Gasteiger partial charge on any atom is -0.462 e. The fourth-order valence-electron chi connectivity index (χ4n) is 3.49. The van der Waals surface area contributed by atoms with Crippen LogP contribution in [-0.2, 0) is 17.8 Å². The first kappa shape index (κ1) is 20.6. The lowest BCUT2D eigenvalue weighted by atomic mass is 10.0. The highest BCUT2D eigenvalue weighted by Crippen LogP contribution is 2.27. The topological polar surface area (TPSA) is 94.1 Å². The van der Waals surface area contributed by atoms with Crippen molar-refractivity contribution in [3.8, 4) is 18.4 Å². The molecule has 30 heavy (non-hydrogen) atoms. The number of rotatable bonds is 6. The molecule has 1 aromatic carbocycles. The highest BCUT2D eigenvalue weighted by Gasteiger charge is 2.27. The van der Waals surface area contributed by atoms with E-state index in [1.807, 2.05) is 6.07 Å². The number of ketones is 1. The molecule has 150 valence electrons. The molecule has 0 aliphatic carbocycles. The number of hydrogen-bond donors (Lipinski definition) is 0. The number of pyridine rings is 1. The van der Waals surface area contributed by atoms with Crippen LogP contribution < -0.4 is 5.43 Å². The van der Waals surface area contributed by atoms with E-state index in [1.54, 1.807) is 44.2 Å². The molecule has 3 rings (SSSR count). The Hall–Kier alpha value is -4.10. The van der Waals surface area contributed by atoms with E-state index in [0.29, 0.717) is 16.8 Å². The molecule has 2 heterocycles. The summed E-state index contributed by atoms with van der Waals surface area (Å²) in [5.41, 5.74) is 0.725. The van der Waals surface area contributed by atoms with E-state index in [-0.39, 0.29) is 42.1 Å². The molecule has 2 aromatic heterocycles. The van der Waals surface area contributed by atoms with Crippen molar-refractivity contribution >= 4 is 22.8 Å². The SMILES string of the molecule is C#CCn1cc(C(=O)OCC)c(=O)c2c1c(C(=O)c1ccccc1)c(C)n2CC#N. The molecule has 0 fully saturated rings. The summed E-state index contributed by atoms with van der Waals surface area (Å²) < 4.78 is 7.96. The van der Waals surface area contributed by atoms with E-state index in [9.17, 15) is 19.6 Å². The van der Waals surface area contributed by atoms with Crippen molar-refractivity contribution in [2.24, 2.45) is 0 Å². The number of aromatic nitrogens is 2. The number of nitrogens with zero attached hydrogens (tertiary/aromatic N) is 3. The number of esters is 1. The Labute approximate surface area is 173 Å². The lowest BCUT2D eigenvalue weighted by Gasteiger charge is -2.10. The zero-order valence-corrected chi connectivity index (χ0v) is 16.6. The van der Waals surface area contributed by atoms with Crippen LogP contribution in [0.3, 0.4) is 0 Å². The average Bonchev–Trinajstić information content (AvgIpc) is 3.03. The Balaban J connectivity index is 2.46. The third-order valence-electron chi connectivity index (χ3n) is 4.78. The van der Waals surface area contributed by atoms with Gasteiger partial charge in [-0.3, -0.25) is 9.59 Å². The van der Waals surface area contributed by atoms with Crippen molar-refractivity contribution in [2.45, 2.75) is 26.9 Å². The molecular formula is C23H19N3O4. The van der Waals surface area contributed by atoms with E-state index in [4.69, 9.17) is 11.2 Å². The van der Waals surface area contributed by atoms with Gasteiger partial charge < -0.3 is 13.9 Å². The van der Waals surface area contributed by atoms with Gasteiger partial charge in [0, 0.05) is 17.5 Å². The van der Waals surface area contributed by atoms with Gasteiger partial charge in [0.1, 0.15) is 17.6 Å². The molecule has 0 bridgehead atoms. The van der Waals surface area contributed by atoms with E-state index >= 15 is 0 Å². The van der Waals surface area contributed by atoms with Crippen molar-refractivity contribution in [1.29, 1.82) is 5.26 Å². The largest absolute Gasteiger partial charge is 0.462 e. The quantitative estimate of drug-likeness (QED) is 0.360. The lowest BCUT2D eigenvalue weighted by Crippen LogP contribution is -2.22. The Bertz CT molecular complexity index is 1280. The first-order valence-electron chi connectivity index (χ1n) is 9.29. The van der Waals surface area contributed by atoms with E-state index in [0.717, 1.165) is 0 Å². The molecule has 0 spiro atoms. The summed E-state index contributed by atoms with van der Waals surface area (Å²) in [6.07, 6.45) is 6.83. The second-order valence-electron chi connectivity index (χ2n) is 6.52. The summed E-state index contributed by atoms with van der Waals surface area (Å²) in [4.78, 5) is 38.9. The Morgan fingerprint density at radius 3 is 2.47 bits per heavy atom. The van der Waals surface area contributed by atoms with Crippen LogP contribution in [0.15, 0.2) is 41.3 Å². The van der Waals surface area contributed by atoms with Gasteiger partial charge in [-0.1, -0.05) is 36.3 Å². The van der Waals surface area contributed by atoms with Crippen molar-refractivity contribution < 1.29 is 14.3 Å². The lowest BCUT2D eigenvalue weighted by molar-refractivity contribution is 0.0524. The fraction of sp³-hybridized carbons (Fsp3) is 0.217. The summed E-state index contributed by atoms with van der Waals surface area (Å²) >= 11 is 0. The first-order chi connectivity index (χ1) is 14.5. The third-order valence-corrected chi connectivity index (χ3v) is 4.78. The summed E-state index contributed by atoms with van der Waals surface area (Å²) in [6.45, 7) is 3.25. The molecule has 7 heteroatoms. The smallest absolute Gasteiger partial charge is 0.343 e. The zero-order chi connectivity index (χ0) is 21.8. The minimum absolute atomic E-state index is 0.0221. The summed E-state index contributed by atoms with van der Waals surface area (Å²) in [6, 6.07) is 10.6. The van der Waals surface area contributed by atoms with Crippen LogP contribution in [0.25, 0.3) is 11.0 Å². The molecule has 0 amide bonds. The summed E-state index contributed by atoms with van der Waals surface area (Å²) in [7, 11) is 0. The van der Waals surface area contributed by atoms with Crippen molar-refractivity contribution in [1.82, 2.24) is 9.13 Å². The van der Waals surface area contributed by atoms with E-state index < -0.39 is 11.4 Å². The predicted octanol–water partition coefficient (Wildman–Crippen LogP) is 2.68. The van der Waals surface area contributed by atoms with Gasteiger partial charge in [-0.15, -0.1) is 6.42 Å². The van der Waals surface area contributed by atoms with Gasteiger partial charge in [-0.05, 0) is 13.8 Å². The van der Waals surface area contributed by atoms with E-state index in [1.165, 1.54) is 15.3 Å². The van der Waals surface area contributed by atoms with Gasteiger partial charge in [-0.25, -0.2) is 4.79 Å². The van der Waals surface area contributed by atoms with Gasteiger partial charge >= 0.3 is 5.97 Å². The summed E-state index contributed by atoms with van der Waals surface area (Å²) in [5, 5.41) is 9.31. The van der Waals surface area contributed by atoms with Crippen LogP contribution in [0.5, 0.6) is 0 Å². The van der Waals surface area contributed by atoms with E-state index in [2.05, 4.69) is 5.92 Å². The summed E-state index contributed by atoms with van der Waals surface area (Å²) in [5.74, 6) is 1.40. The molecule has 3 aromatic rings. The van der Waals surface area contributed by atoms with Gasteiger partial charge in [0.15, 0.2) is 5.78 Å². The molecule has 0 saturated carbocycles.